The SMILES string of the molecule is OCCN1CC(CC2CC2)CC(NCC2CC2)C1. The summed E-state index contributed by atoms with van der Waals surface area (Å²) in [5, 5.41) is 12.9. The van der Waals surface area contributed by atoms with E-state index in [0.29, 0.717) is 12.6 Å². The van der Waals surface area contributed by atoms with Gasteiger partial charge in [-0.1, -0.05) is 12.8 Å². The zero-order chi connectivity index (χ0) is 12.4. The summed E-state index contributed by atoms with van der Waals surface area (Å²) in [4.78, 5) is 2.47. The van der Waals surface area contributed by atoms with Crippen molar-refractivity contribution >= 4 is 0 Å². The summed E-state index contributed by atoms with van der Waals surface area (Å²) in [7, 11) is 0. The normalized spacial score (nSPS) is 33.8. The van der Waals surface area contributed by atoms with Gasteiger partial charge in [0.15, 0.2) is 0 Å². The van der Waals surface area contributed by atoms with E-state index < -0.39 is 0 Å². The maximum atomic E-state index is 9.15. The monoisotopic (exact) mass is 252 g/mol. The molecule has 2 atom stereocenters. The predicted molar refractivity (Wildman–Crippen MR) is 73.5 cm³/mol. The molecule has 0 aromatic carbocycles. The molecule has 3 aliphatic rings. The predicted octanol–water partition coefficient (Wildman–Crippen LogP) is 1.47. The second-order valence-corrected chi connectivity index (χ2v) is 6.81. The van der Waals surface area contributed by atoms with Gasteiger partial charge in [-0.05, 0) is 50.0 Å². The van der Waals surface area contributed by atoms with Gasteiger partial charge in [-0.25, -0.2) is 0 Å². The van der Waals surface area contributed by atoms with Crippen LogP contribution in [-0.4, -0.2) is 48.8 Å². The van der Waals surface area contributed by atoms with E-state index in [1.54, 1.807) is 0 Å². The van der Waals surface area contributed by atoms with Crippen molar-refractivity contribution in [2.24, 2.45) is 17.8 Å². The first kappa shape index (κ1) is 12.9. The Hall–Kier alpha value is -0.120. The van der Waals surface area contributed by atoms with Crippen LogP contribution in [0.3, 0.4) is 0 Å². The molecule has 1 aliphatic heterocycles. The first-order valence-electron chi connectivity index (χ1n) is 7.90. The molecule has 2 saturated carbocycles. The largest absolute Gasteiger partial charge is 0.395 e. The summed E-state index contributed by atoms with van der Waals surface area (Å²) in [5.41, 5.74) is 0. The van der Waals surface area contributed by atoms with Crippen LogP contribution >= 0.6 is 0 Å². The number of aliphatic hydroxyl groups excluding tert-OH is 1. The van der Waals surface area contributed by atoms with Crippen molar-refractivity contribution < 1.29 is 5.11 Å². The number of nitrogens with zero attached hydrogens (tertiary/aromatic N) is 1. The molecular formula is C15H28N2O. The van der Waals surface area contributed by atoms with Crippen molar-refractivity contribution in [1.82, 2.24) is 10.2 Å². The lowest BCUT2D eigenvalue weighted by atomic mass is 9.89. The van der Waals surface area contributed by atoms with Gasteiger partial charge in [0.2, 0.25) is 0 Å². The van der Waals surface area contributed by atoms with E-state index in [-0.39, 0.29) is 0 Å². The van der Waals surface area contributed by atoms with E-state index in [0.717, 1.165) is 30.8 Å². The minimum Gasteiger partial charge on any atom is -0.395 e. The quantitative estimate of drug-likeness (QED) is 0.720. The Kier molecular flexibility index (Phi) is 4.22. The van der Waals surface area contributed by atoms with Crippen molar-refractivity contribution in [3.63, 3.8) is 0 Å². The van der Waals surface area contributed by atoms with Crippen molar-refractivity contribution in [1.29, 1.82) is 0 Å². The summed E-state index contributed by atoms with van der Waals surface area (Å²) in [5.74, 6) is 2.88. The number of nitrogens with one attached hydrogen (secondary N) is 1. The fourth-order valence-corrected chi connectivity index (χ4v) is 3.43. The minimum absolute atomic E-state index is 0.311. The fourth-order valence-electron chi connectivity index (χ4n) is 3.43. The highest BCUT2D eigenvalue weighted by Crippen LogP contribution is 2.38. The molecule has 3 heteroatoms. The average molecular weight is 252 g/mol. The maximum Gasteiger partial charge on any atom is 0.0558 e. The van der Waals surface area contributed by atoms with E-state index in [9.17, 15) is 0 Å². The summed E-state index contributed by atoms with van der Waals surface area (Å²) in [6.07, 6.45) is 8.61. The van der Waals surface area contributed by atoms with Gasteiger partial charge < -0.3 is 10.4 Å². The second-order valence-electron chi connectivity index (χ2n) is 6.81. The molecule has 3 rings (SSSR count). The summed E-state index contributed by atoms with van der Waals surface area (Å²) < 4.78 is 0. The Morgan fingerprint density at radius 3 is 2.44 bits per heavy atom. The molecule has 2 unspecified atom stereocenters. The fraction of sp³-hybridized carbons (Fsp3) is 1.00. The highest BCUT2D eigenvalue weighted by molar-refractivity contribution is 4.88. The molecule has 0 aromatic rings. The van der Waals surface area contributed by atoms with Gasteiger partial charge in [0, 0.05) is 25.7 Å². The van der Waals surface area contributed by atoms with E-state index in [1.165, 1.54) is 51.6 Å². The lowest BCUT2D eigenvalue weighted by Gasteiger charge is -2.38. The zero-order valence-corrected chi connectivity index (χ0v) is 11.5. The Morgan fingerprint density at radius 2 is 1.78 bits per heavy atom. The molecule has 1 saturated heterocycles. The lowest BCUT2D eigenvalue weighted by Crippen LogP contribution is -2.50. The first-order chi connectivity index (χ1) is 8.83. The Labute approximate surface area is 111 Å². The van der Waals surface area contributed by atoms with Gasteiger partial charge in [0.25, 0.3) is 0 Å². The number of hydrogen-bond donors (Lipinski definition) is 2. The van der Waals surface area contributed by atoms with Crippen LogP contribution < -0.4 is 5.32 Å². The molecule has 0 spiro atoms. The molecule has 3 fully saturated rings. The summed E-state index contributed by atoms with van der Waals surface area (Å²) >= 11 is 0. The smallest absolute Gasteiger partial charge is 0.0558 e. The molecule has 2 N–H and O–H groups in total. The van der Waals surface area contributed by atoms with Crippen LogP contribution in [0.25, 0.3) is 0 Å². The maximum absolute atomic E-state index is 9.15. The number of β-amino-alcohol motifs (C(OH)–C–C–N with tert-alkyl or cyclic N) is 1. The first-order valence-corrected chi connectivity index (χ1v) is 7.90. The molecule has 3 nitrogen and oxygen atoms in total. The number of aliphatic hydroxyl groups is 1. The van der Waals surface area contributed by atoms with E-state index in [1.807, 2.05) is 0 Å². The van der Waals surface area contributed by atoms with Crippen LogP contribution in [-0.2, 0) is 0 Å². The number of piperidine rings is 1. The number of hydrogen-bond acceptors (Lipinski definition) is 3. The molecule has 1 heterocycles. The van der Waals surface area contributed by atoms with E-state index >= 15 is 0 Å². The second kappa shape index (κ2) is 5.89. The highest BCUT2D eigenvalue weighted by atomic mass is 16.3. The van der Waals surface area contributed by atoms with Crippen LogP contribution in [0.2, 0.25) is 0 Å². The highest BCUT2D eigenvalue weighted by Gasteiger charge is 2.32. The van der Waals surface area contributed by atoms with Crippen molar-refractivity contribution in [2.45, 2.75) is 44.6 Å². The summed E-state index contributed by atoms with van der Waals surface area (Å²) in [6, 6.07) is 0.676. The molecule has 0 aromatic heterocycles. The van der Waals surface area contributed by atoms with Crippen LogP contribution in [0.15, 0.2) is 0 Å². The van der Waals surface area contributed by atoms with E-state index in [4.69, 9.17) is 5.11 Å². The standard InChI is InChI=1S/C15H28N2O/c18-6-5-17-10-14(7-12-1-2-12)8-15(11-17)16-9-13-3-4-13/h12-16,18H,1-11H2. The number of rotatable bonds is 7. The third-order valence-electron chi connectivity index (χ3n) is 4.78. The van der Waals surface area contributed by atoms with Gasteiger partial charge in [0.1, 0.15) is 0 Å². The number of likely N-dealkylation sites (tertiary alicyclic amines) is 1. The third-order valence-corrected chi connectivity index (χ3v) is 4.78. The Balaban J connectivity index is 1.47. The van der Waals surface area contributed by atoms with Gasteiger partial charge in [0.05, 0.1) is 6.61 Å². The minimum atomic E-state index is 0.311. The van der Waals surface area contributed by atoms with Gasteiger partial charge in [-0.3, -0.25) is 4.90 Å². The molecule has 0 bridgehead atoms. The van der Waals surface area contributed by atoms with Crippen LogP contribution in [0.4, 0.5) is 0 Å². The van der Waals surface area contributed by atoms with E-state index in [2.05, 4.69) is 10.2 Å². The molecule has 18 heavy (non-hydrogen) atoms. The average Bonchev–Trinajstić information content (AvgIpc) is 3.22. The molecular weight excluding hydrogens is 224 g/mol. The van der Waals surface area contributed by atoms with Gasteiger partial charge in [-0.2, -0.15) is 0 Å². The molecule has 0 radical (unpaired) electrons. The van der Waals surface area contributed by atoms with Crippen LogP contribution in [0, 0.1) is 17.8 Å². The lowest BCUT2D eigenvalue weighted by molar-refractivity contribution is 0.109. The van der Waals surface area contributed by atoms with Gasteiger partial charge in [-0.15, -0.1) is 0 Å². The topological polar surface area (TPSA) is 35.5 Å². The Bertz CT molecular complexity index is 263. The van der Waals surface area contributed by atoms with Crippen LogP contribution in [0.1, 0.15) is 38.5 Å². The summed E-state index contributed by atoms with van der Waals surface area (Å²) in [6.45, 7) is 4.77. The van der Waals surface area contributed by atoms with Crippen LogP contribution in [0.5, 0.6) is 0 Å². The zero-order valence-electron chi connectivity index (χ0n) is 11.5. The molecule has 0 amide bonds. The van der Waals surface area contributed by atoms with Crippen molar-refractivity contribution in [2.75, 3.05) is 32.8 Å². The Morgan fingerprint density at radius 1 is 1.00 bits per heavy atom. The molecule has 104 valence electrons. The van der Waals surface area contributed by atoms with Crippen molar-refractivity contribution in [3.8, 4) is 0 Å². The molecule has 2 aliphatic carbocycles. The van der Waals surface area contributed by atoms with Crippen molar-refractivity contribution in [3.05, 3.63) is 0 Å². The third kappa shape index (κ3) is 3.94. The van der Waals surface area contributed by atoms with Gasteiger partial charge >= 0.3 is 0 Å².